The summed E-state index contributed by atoms with van der Waals surface area (Å²) in [7, 11) is 3.29. The van der Waals surface area contributed by atoms with E-state index in [0.717, 1.165) is 17.5 Å². The van der Waals surface area contributed by atoms with Crippen molar-refractivity contribution in [1.82, 2.24) is 4.90 Å². The molecule has 4 aromatic carbocycles. The van der Waals surface area contributed by atoms with Gasteiger partial charge in [-0.2, -0.15) is 0 Å². The van der Waals surface area contributed by atoms with Crippen molar-refractivity contribution in [3.63, 3.8) is 0 Å². The number of carbonyl (C=O) groups excluding carboxylic acids is 1. The molecule has 42 heavy (non-hydrogen) atoms. The molecule has 0 spiro atoms. The highest BCUT2D eigenvalue weighted by Gasteiger charge is 2.61. The van der Waals surface area contributed by atoms with E-state index < -0.39 is 5.60 Å². The van der Waals surface area contributed by atoms with Crippen molar-refractivity contribution in [1.29, 1.82) is 0 Å². The monoisotopic (exact) mass is 561 g/mol. The molecule has 0 radical (unpaired) electrons. The Morgan fingerprint density at radius 3 is 1.88 bits per heavy atom. The van der Waals surface area contributed by atoms with Gasteiger partial charge in [-0.15, -0.1) is 0 Å². The summed E-state index contributed by atoms with van der Waals surface area (Å²) in [5.74, 6) is 0.813. The molecular weight excluding hydrogens is 522 g/mol. The van der Waals surface area contributed by atoms with Crippen molar-refractivity contribution >= 4 is 5.91 Å². The molecule has 1 unspecified atom stereocenters. The molecule has 5 nitrogen and oxygen atoms in total. The molecular formula is C37H39NO4. The summed E-state index contributed by atoms with van der Waals surface area (Å²) < 4.78 is 11.4. The number of amides is 1. The van der Waals surface area contributed by atoms with Gasteiger partial charge in [-0.05, 0) is 48.9 Å². The summed E-state index contributed by atoms with van der Waals surface area (Å²) in [4.78, 5) is 16.3. The van der Waals surface area contributed by atoms with Gasteiger partial charge in [0.25, 0.3) is 0 Å². The number of para-hydroxylation sites is 2. The van der Waals surface area contributed by atoms with E-state index >= 15 is 0 Å². The van der Waals surface area contributed by atoms with Crippen molar-refractivity contribution < 1.29 is 19.4 Å². The lowest BCUT2D eigenvalue weighted by Gasteiger charge is -2.53. The van der Waals surface area contributed by atoms with E-state index in [9.17, 15) is 9.90 Å². The molecule has 0 aromatic heterocycles. The van der Waals surface area contributed by atoms with Crippen molar-refractivity contribution in [2.45, 2.75) is 36.7 Å². The number of methoxy groups -OCH3 is 2. The van der Waals surface area contributed by atoms with E-state index in [-0.39, 0.29) is 29.1 Å². The lowest BCUT2D eigenvalue weighted by Crippen LogP contribution is -2.53. The molecule has 2 aliphatic rings. The molecule has 1 saturated carbocycles. The molecule has 0 bridgehead atoms. The number of carbonyl (C=O) groups is 1. The number of likely N-dealkylation sites (tertiary alicyclic amines) is 1. The summed E-state index contributed by atoms with van der Waals surface area (Å²) in [6.07, 6.45) is 1.28. The molecule has 2 fully saturated rings. The first-order chi connectivity index (χ1) is 20.4. The van der Waals surface area contributed by atoms with Gasteiger partial charge in [0.05, 0.1) is 25.7 Å². The molecule has 1 heterocycles. The van der Waals surface area contributed by atoms with Crippen LogP contribution in [0.4, 0.5) is 0 Å². The van der Waals surface area contributed by atoms with Gasteiger partial charge >= 0.3 is 0 Å². The fourth-order valence-electron chi connectivity index (χ4n) is 7.85. The van der Waals surface area contributed by atoms with E-state index in [1.54, 1.807) is 14.2 Å². The standard InChI is InChI=1S/C37H39NO4/c1-26(29-18-10-12-20-33(29)41-2)35(39)38-24-31-32(25-38)37(40,30-19-11-13-21-34(30)42-3)23-22-36(31,27-14-6-4-7-15-27)28-16-8-5-9-17-28/h4-21,26,31-32,40H,22-25H2,1-3H3/t26?,31-,32+,37+/m0/s1. The highest BCUT2D eigenvalue weighted by Crippen LogP contribution is 2.60. The lowest BCUT2D eigenvalue weighted by molar-refractivity contribution is -0.132. The predicted octanol–water partition coefficient (Wildman–Crippen LogP) is 6.55. The SMILES string of the molecule is COc1ccccc1C(C)C(=O)N1C[C@@H]2[C@H](C1)C(c1ccccc1)(c1ccccc1)CC[C@@]2(O)c1ccccc1OC. The summed E-state index contributed by atoms with van der Waals surface area (Å²) in [6, 6.07) is 36.8. The van der Waals surface area contributed by atoms with Crippen molar-refractivity contribution in [3.8, 4) is 11.5 Å². The Morgan fingerprint density at radius 2 is 1.26 bits per heavy atom. The Morgan fingerprint density at radius 1 is 0.738 bits per heavy atom. The molecule has 6 rings (SSSR count). The Labute approximate surface area is 248 Å². The summed E-state index contributed by atoms with van der Waals surface area (Å²) >= 11 is 0. The quantitative estimate of drug-likeness (QED) is 0.278. The zero-order valence-corrected chi connectivity index (χ0v) is 24.6. The highest BCUT2D eigenvalue weighted by molar-refractivity contribution is 5.84. The molecule has 1 saturated heterocycles. The number of hydrogen-bond acceptors (Lipinski definition) is 4. The Kier molecular flexibility index (Phi) is 7.54. The minimum atomic E-state index is -1.16. The third-order valence-corrected chi connectivity index (χ3v) is 9.91. The first-order valence-electron chi connectivity index (χ1n) is 14.8. The number of rotatable bonds is 7. The fourth-order valence-corrected chi connectivity index (χ4v) is 7.85. The number of benzene rings is 4. The number of nitrogens with zero attached hydrogens (tertiary/aromatic N) is 1. The van der Waals surface area contributed by atoms with Crippen molar-refractivity contribution in [3.05, 3.63) is 131 Å². The Bertz CT molecular complexity index is 1500. The molecule has 4 aromatic rings. The average molecular weight is 562 g/mol. The van der Waals surface area contributed by atoms with E-state index in [0.29, 0.717) is 31.0 Å². The van der Waals surface area contributed by atoms with E-state index in [2.05, 4.69) is 48.5 Å². The second kappa shape index (κ2) is 11.3. The number of hydrogen-bond donors (Lipinski definition) is 1. The number of aliphatic hydroxyl groups is 1. The fraction of sp³-hybridized carbons (Fsp3) is 0.324. The van der Waals surface area contributed by atoms with Crippen LogP contribution in [0.1, 0.15) is 47.9 Å². The molecule has 1 N–H and O–H groups in total. The minimum Gasteiger partial charge on any atom is -0.496 e. The van der Waals surface area contributed by atoms with Crippen LogP contribution in [-0.2, 0) is 15.8 Å². The third-order valence-electron chi connectivity index (χ3n) is 9.91. The summed E-state index contributed by atoms with van der Waals surface area (Å²) in [5, 5.41) is 12.8. The maximum absolute atomic E-state index is 14.3. The molecule has 5 heteroatoms. The van der Waals surface area contributed by atoms with E-state index in [4.69, 9.17) is 9.47 Å². The van der Waals surface area contributed by atoms with E-state index in [1.807, 2.05) is 72.5 Å². The average Bonchev–Trinajstić information content (AvgIpc) is 3.52. The first kappa shape index (κ1) is 28.0. The predicted molar refractivity (Wildman–Crippen MR) is 165 cm³/mol. The van der Waals surface area contributed by atoms with Gasteiger partial charge in [-0.25, -0.2) is 0 Å². The maximum atomic E-state index is 14.3. The Hall–Kier alpha value is -4.09. The van der Waals surface area contributed by atoms with Gasteiger partial charge in [0.2, 0.25) is 5.91 Å². The number of ether oxygens (including phenoxy) is 2. The maximum Gasteiger partial charge on any atom is 0.229 e. The van der Waals surface area contributed by atoms with Gasteiger partial charge in [-0.1, -0.05) is 97.1 Å². The largest absolute Gasteiger partial charge is 0.496 e. The molecule has 1 aliphatic heterocycles. The van der Waals surface area contributed by atoms with Crippen LogP contribution in [0.3, 0.4) is 0 Å². The number of fused-ring (bicyclic) bond motifs is 1. The van der Waals surface area contributed by atoms with Gasteiger partial charge in [-0.3, -0.25) is 4.79 Å². The zero-order chi connectivity index (χ0) is 29.3. The zero-order valence-electron chi connectivity index (χ0n) is 24.6. The molecule has 1 aliphatic carbocycles. The molecule has 216 valence electrons. The van der Waals surface area contributed by atoms with Crippen LogP contribution in [0, 0.1) is 11.8 Å². The van der Waals surface area contributed by atoms with Gasteiger partial charge in [0.1, 0.15) is 11.5 Å². The van der Waals surface area contributed by atoms with Crippen molar-refractivity contribution in [2.75, 3.05) is 27.3 Å². The molecule has 1 amide bonds. The smallest absolute Gasteiger partial charge is 0.229 e. The van der Waals surface area contributed by atoms with Crippen LogP contribution < -0.4 is 9.47 Å². The van der Waals surface area contributed by atoms with Crippen LogP contribution in [0.5, 0.6) is 11.5 Å². The minimum absolute atomic E-state index is 0.0280. The highest BCUT2D eigenvalue weighted by atomic mass is 16.5. The lowest BCUT2D eigenvalue weighted by atomic mass is 9.52. The summed E-state index contributed by atoms with van der Waals surface area (Å²) in [5.41, 5.74) is 2.58. The van der Waals surface area contributed by atoms with Crippen LogP contribution in [0.25, 0.3) is 0 Å². The molecule has 4 atom stereocenters. The van der Waals surface area contributed by atoms with Crippen LogP contribution in [0.15, 0.2) is 109 Å². The van der Waals surface area contributed by atoms with Crippen LogP contribution >= 0.6 is 0 Å². The summed E-state index contributed by atoms with van der Waals surface area (Å²) in [6.45, 7) is 2.96. The van der Waals surface area contributed by atoms with Gasteiger partial charge < -0.3 is 19.5 Å². The van der Waals surface area contributed by atoms with Gasteiger partial charge in [0, 0.05) is 35.5 Å². The third kappa shape index (κ3) is 4.47. The van der Waals surface area contributed by atoms with Gasteiger partial charge in [0.15, 0.2) is 0 Å². The Balaban J connectivity index is 1.49. The van der Waals surface area contributed by atoms with Crippen molar-refractivity contribution in [2.24, 2.45) is 11.8 Å². The second-order valence-electron chi connectivity index (χ2n) is 11.7. The van der Waals surface area contributed by atoms with Crippen LogP contribution in [-0.4, -0.2) is 43.2 Å². The second-order valence-corrected chi connectivity index (χ2v) is 11.7. The van der Waals surface area contributed by atoms with Crippen LogP contribution in [0.2, 0.25) is 0 Å². The first-order valence-corrected chi connectivity index (χ1v) is 14.8. The topological polar surface area (TPSA) is 59.0 Å². The van der Waals surface area contributed by atoms with E-state index in [1.165, 1.54) is 11.1 Å². The normalized spacial score (nSPS) is 23.6.